The maximum atomic E-state index is 11.6. The van der Waals surface area contributed by atoms with Gasteiger partial charge in [0.25, 0.3) is 0 Å². The van der Waals surface area contributed by atoms with Crippen LogP contribution in [-0.2, 0) is 4.79 Å². The van der Waals surface area contributed by atoms with Crippen LogP contribution in [0.15, 0.2) is 0 Å². The van der Waals surface area contributed by atoms with E-state index >= 15 is 0 Å². The molecule has 0 aromatic carbocycles. The van der Waals surface area contributed by atoms with Crippen molar-refractivity contribution in [3.63, 3.8) is 0 Å². The number of hydrogen-bond donors (Lipinski definition) is 0. The lowest BCUT2D eigenvalue weighted by molar-refractivity contribution is -0.126. The summed E-state index contributed by atoms with van der Waals surface area (Å²) in [6, 6.07) is 0. The van der Waals surface area contributed by atoms with Gasteiger partial charge in [0, 0.05) is 17.6 Å². The molecule has 0 saturated carbocycles. The Labute approximate surface area is 80.3 Å². The fourth-order valence-electron chi connectivity index (χ4n) is 0.845. The third kappa shape index (κ3) is 4.15. The topological polar surface area (TPSA) is 17.1 Å². The zero-order chi connectivity index (χ0) is 9.61. The van der Waals surface area contributed by atoms with Crippen molar-refractivity contribution in [1.82, 2.24) is 0 Å². The molecule has 72 valence electrons. The first kappa shape index (κ1) is 12.0. The van der Waals surface area contributed by atoms with E-state index < -0.39 is 0 Å². The van der Waals surface area contributed by atoms with Gasteiger partial charge < -0.3 is 0 Å². The molecular weight excluding hydrogens is 168 g/mol. The molecule has 0 rings (SSSR count). The van der Waals surface area contributed by atoms with Crippen molar-refractivity contribution in [2.75, 3.05) is 11.5 Å². The van der Waals surface area contributed by atoms with Gasteiger partial charge in [0.1, 0.15) is 5.78 Å². The van der Waals surface area contributed by atoms with Crippen molar-refractivity contribution in [2.24, 2.45) is 5.41 Å². The Morgan fingerprint density at radius 2 is 1.92 bits per heavy atom. The molecule has 0 fully saturated rings. The van der Waals surface area contributed by atoms with E-state index in [1.807, 2.05) is 25.6 Å². The Morgan fingerprint density at radius 3 is 2.33 bits per heavy atom. The molecule has 0 atom stereocenters. The van der Waals surface area contributed by atoms with Crippen molar-refractivity contribution >= 4 is 17.5 Å². The zero-order valence-corrected chi connectivity index (χ0v) is 9.46. The van der Waals surface area contributed by atoms with Gasteiger partial charge in [-0.1, -0.05) is 27.7 Å². The summed E-state index contributed by atoms with van der Waals surface area (Å²) < 4.78 is 0. The molecule has 0 aliphatic rings. The van der Waals surface area contributed by atoms with Gasteiger partial charge in [-0.3, -0.25) is 4.79 Å². The van der Waals surface area contributed by atoms with Crippen LogP contribution in [0.4, 0.5) is 0 Å². The molecule has 0 aromatic rings. The Balaban J connectivity index is 3.72. The highest BCUT2D eigenvalue weighted by Gasteiger charge is 2.23. The first-order valence-electron chi connectivity index (χ1n) is 4.65. The Kier molecular flexibility index (Phi) is 5.64. The number of carbonyl (C=O) groups excluding carboxylic acids is 1. The van der Waals surface area contributed by atoms with Crippen LogP contribution in [-0.4, -0.2) is 17.3 Å². The SMILES string of the molecule is CCSCCC(=O)C(C)(C)CC. The fraction of sp³-hybridized carbons (Fsp3) is 0.900. The molecule has 0 bridgehead atoms. The van der Waals surface area contributed by atoms with Gasteiger partial charge in [0.05, 0.1) is 0 Å². The highest BCUT2D eigenvalue weighted by atomic mass is 32.2. The van der Waals surface area contributed by atoms with E-state index in [2.05, 4.69) is 13.8 Å². The molecule has 0 N–H and O–H groups in total. The number of hydrogen-bond acceptors (Lipinski definition) is 2. The molecule has 0 amide bonds. The second-order valence-electron chi connectivity index (χ2n) is 3.61. The molecule has 12 heavy (non-hydrogen) atoms. The normalized spacial score (nSPS) is 11.7. The lowest BCUT2D eigenvalue weighted by Gasteiger charge is -2.20. The van der Waals surface area contributed by atoms with Gasteiger partial charge in [-0.25, -0.2) is 0 Å². The predicted octanol–water partition coefficient (Wildman–Crippen LogP) is 3.13. The molecular formula is C10H20OS. The third-order valence-corrected chi connectivity index (χ3v) is 3.22. The first-order valence-corrected chi connectivity index (χ1v) is 5.81. The minimum Gasteiger partial charge on any atom is -0.299 e. The van der Waals surface area contributed by atoms with Crippen molar-refractivity contribution in [2.45, 2.75) is 40.5 Å². The largest absolute Gasteiger partial charge is 0.299 e. The third-order valence-electron chi connectivity index (χ3n) is 2.32. The summed E-state index contributed by atoms with van der Waals surface area (Å²) in [5.41, 5.74) is -0.103. The van der Waals surface area contributed by atoms with E-state index in [1.165, 1.54) is 0 Å². The van der Waals surface area contributed by atoms with Crippen LogP contribution in [0.2, 0.25) is 0 Å². The van der Waals surface area contributed by atoms with Gasteiger partial charge in [-0.2, -0.15) is 11.8 Å². The summed E-state index contributed by atoms with van der Waals surface area (Å²) in [7, 11) is 0. The van der Waals surface area contributed by atoms with Gasteiger partial charge in [0.15, 0.2) is 0 Å². The molecule has 0 heterocycles. The van der Waals surface area contributed by atoms with E-state index in [4.69, 9.17) is 0 Å². The predicted molar refractivity (Wildman–Crippen MR) is 56.7 cm³/mol. The number of carbonyl (C=O) groups is 1. The van der Waals surface area contributed by atoms with E-state index in [0.717, 1.165) is 24.3 Å². The summed E-state index contributed by atoms with van der Waals surface area (Å²) in [6.07, 6.45) is 1.68. The lowest BCUT2D eigenvalue weighted by atomic mass is 9.84. The average Bonchev–Trinajstić information content (AvgIpc) is 2.05. The second-order valence-corrected chi connectivity index (χ2v) is 5.00. The summed E-state index contributed by atoms with van der Waals surface area (Å²) in [5, 5.41) is 0. The van der Waals surface area contributed by atoms with E-state index in [0.29, 0.717) is 5.78 Å². The highest BCUT2D eigenvalue weighted by Crippen LogP contribution is 2.23. The number of Topliss-reactive ketones (excluding diaryl/α,β-unsaturated/α-hetero) is 1. The minimum atomic E-state index is -0.103. The lowest BCUT2D eigenvalue weighted by Crippen LogP contribution is -2.23. The van der Waals surface area contributed by atoms with Crippen LogP contribution in [0.25, 0.3) is 0 Å². The van der Waals surface area contributed by atoms with Crippen LogP contribution in [0.3, 0.4) is 0 Å². The van der Waals surface area contributed by atoms with Gasteiger partial charge in [0.2, 0.25) is 0 Å². The maximum Gasteiger partial charge on any atom is 0.139 e. The fourth-order valence-corrected chi connectivity index (χ4v) is 1.46. The van der Waals surface area contributed by atoms with Crippen molar-refractivity contribution in [1.29, 1.82) is 0 Å². The van der Waals surface area contributed by atoms with Crippen LogP contribution in [0.5, 0.6) is 0 Å². The van der Waals surface area contributed by atoms with Crippen LogP contribution >= 0.6 is 11.8 Å². The van der Waals surface area contributed by atoms with E-state index in [-0.39, 0.29) is 5.41 Å². The molecule has 0 aromatic heterocycles. The van der Waals surface area contributed by atoms with Crippen LogP contribution in [0, 0.1) is 5.41 Å². The van der Waals surface area contributed by atoms with Crippen molar-refractivity contribution < 1.29 is 4.79 Å². The molecule has 0 aliphatic heterocycles. The molecule has 2 heteroatoms. The van der Waals surface area contributed by atoms with Gasteiger partial charge in [-0.05, 0) is 12.2 Å². The molecule has 0 aliphatic carbocycles. The summed E-state index contributed by atoms with van der Waals surface area (Å²) in [5.74, 6) is 2.50. The minimum absolute atomic E-state index is 0.103. The smallest absolute Gasteiger partial charge is 0.139 e. The second kappa shape index (κ2) is 5.63. The number of thioether (sulfide) groups is 1. The number of ketones is 1. The van der Waals surface area contributed by atoms with E-state index in [1.54, 1.807) is 0 Å². The average molecular weight is 188 g/mol. The summed E-state index contributed by atoms with van der Waals surface area (Å²) >= 11 is 1.84. The quantitative estimate of drug-likeness (QED) is 0.596. The molecule has 1 nitrogen and oxygen atoms in total. The molecule has 0 saturated heterocycles. The summed E-state index contributed by atoms with van der Waals surface area (Å²) in [4.78, 5) is 11.6. The standard InChI is InChI=1S/C10H20OS/c1-5-10(3,4)9(11)7-8-12-6-2/h5-8H2,1-4H3. The first-order chi connectivity index (χ1) is 5.54. The van der Waals surface area contributed by atoms with Crippen LogP contribution < -0.4 is 0 Å². The van der Waals surface area contributed by atoms with E-state index in [9.17, 15) is 4.79 Å². The van der Waals surface area contributed by atoms with Gasteiger partial charge >= 0.3 is 0 Å². The zero-order valence-electron chi connectivity index (χ0n) is 8.64. The van der Waals surface area contributed by atoms with Crippen LogP contribution in [0.1, 0.15) is 40.5 Å². The van der Waals surface area contributed by atoms with Gasteiger partial charge in [-0.15, -0.1) is 0 Å². The molecule has 0 radical (unpaired) electrons. The highest BCUT2D eigenvalue weighted by molar-refractivity contribution is 7.99. The molecule has 0 spiro atoms. The van der Waals surface area contributed by atoms with Crippen molar-refractivity contribution in [3.8, 4) is 0 Å². The monoisotopic (exact) mass is 188 g/mol. The Bertz CT molecular complexity index is 141. The van der Waals surface area contributed by atoms with Crippen molar-refractivity contribution in [3.05, 3.63) is 0 Å². The number of rotatable bonds is 6. The maximum absolute atomic E-state index is 11.6. The summed E-state index contributed by atoms with van der Waals surface area (Å²) in [6.45, 7) is 8.27. The Hall–Kier alpha value is 0.0200. The Morgan fingerprint density at radius 1 is 1.33 bits per heavy atom. The molecule has 0 unspecified atom stereocenters.